The minimum absolute atomic E-state index is 0.464. The first-order chi connectivity index (χ1) is 15.6. The highest BCUT2D eigenvalue weighted by Gasteiger charge is 2.29. The summed E-state index contributed by atoms with van der Waals surface area (Å²) in [5.74, 6) is 1.74. The molecule has 0 amide bonds. The maximum atomic E-state index is 4.30. The molecule has 2 aliphatic carbocycles. The fourth-order valence-electron chi connectivity index (χ4n) is 6.25. The fraction of sp³-hybridized carbons (Fsp3) is 0.758. The van der Waals surface area contributed by atoms with Gasteiger partial charge in [0.1, 0.15) is 0 Å². The minimum Gasteiger partial charge on any atom is -0.0958 e. The molecule has 0 heteroatoms. The zero-order chi connectivity index (χ0) is 24.5. The van der Waals surface area contributed by atoms with E-state index >= 15 is 0 Å². The summed E-state index contributed by atoms with van der Waals surface area (Å²) in [7, 11) is 0. The van der Waals surface area contributed by atoms with Crippen molar-refractivity contribution in [1.29, 1.82) is 0 Å². The van der Waals surface area contributed by atoms with Gasteiger partial charge in [0, 0.05) is 0 Å². The van der Waals surface area contributed by atoms with Gasteiger partial charge in [-0.15, -0.1) is 0 Å². The average molecular weight is 453 g/mol. The Morgan fingerprint density at radius 3 is 2.45 bits per heavy atom. The lowest BCUT2D eigenvalue weighted by atomic mass is 9.70. The van der Waals surface area contributed by atoms with Gasteiger partial charge in [-0.2, -0.15) is 0 Å². The molecule has 1 saturated carbocycles. The third-order valence-corrected chi connectivity index (χ3v) is 8.89. The van der Waals surface area contributed by atoms with Crippen LogP contribution in [-0.4, -0.2) is 0 Å². The zero-order valence-electron chi connectivity index (χ0n) is 23.5. The summed E-state index contributed by atoms with van der Waals surface area (Å²) >= 11 is 0. The number of hydrogen-bond donors (Lipinski definition) is 0. The second kappa shape index (κ2) is 13.2. The van der Waals surface area contributed by atoms with E-state index in [9.17, 15) is 0 Å². The van der Waals surface area contributed by atoms with Crippen molar-refractivity contribution in [2.45, 2.75) is 138 Å². The Balaban J connectivity index is 1.82. The molecule has 33 heavy (non-hydrogen) atoms. The highest BCUT2D eigenvalue weighted by Crippen LogP contribution is 2.42. The standard InChI is InChI=1S/C33H56/c1-9-18-33(8,19-11-12-27(4)23-26(3)10-2)22-17-31-14-13-30(24-28(31)5)25-29-15-20-32(6,7)21-16-29/h14,23-24,29-30H,4,9-13,15-22,25H2,1-3,5-8H3/b26-23+. The maximum Gasteiger partial charge on any atom is -0.0190 e. The van der Waals surface area contributed by atoms with E-state index in [1.54, 1.807) is 11.1 Å². The molecule has 188 valence electrons. The summed E-state index contributed by atoms with van der Waals surface area (Å²) in [6.45, 7) is 20.9. The van der Waals surface area contributed by atoms with Crippen molar-refractivity contribution < 1.29 is 0 Å². The first-order valence-electron chi connectivity index (χ1n) is 14.3. The Kier molecular flexibility index (Phi) is 11.2. The molecule has 0 nitrogen and oxygen atoms in total. The molecule has 0 aliphatic heterocycles. The Morgan fingerprint density at radius 1 is 1.15 bits per heavy atom. The van der Waals surface area contributed by atoms with Gasteiger partial charge in [0.15, 0.2) is 0 Å². The van der Waals surface area contributed by atoms with Crippen LogP contribution in [0.3, 0.4) is 0 Å². The van der Waals surface area contributed by atoms with E-state index in [1.165, 1.54) is 88.2 Å². The van der Waals surface area contributed by atoms with Crippen molar-refractivity contribution in [3.8, 4) is 0 Å². The van der Waals surface area contributed by atoms with Gasteiger partial charge in [-0.25, -0.2) is 0 Å². The van der Waals surface area contributed by atoms with Gasteiger partial charge in [-0.05, 0) is 126 Å². The number of allylic oxidation sites excluding steroid dienone is 7. The Morgan fingerprint density at radius 2 is 1.85 bits per heavy atom. The molecule has 0 aromatic rings. The van der Waals surface area contributed by atoms with Crippen LogP contribution >= 0.6 is 0 Å². The summed E-state index contributed by atoms with van der Waals surface area (Å²) in [4.78, 5) is 0. The fourth-order valence-corrected chi connectivity index (χ4v) is 6.25. The molecule has 0 aromatic carbocycles. The van der Waals surface area contributed by atoms with Crippen molar-refractivity contribution in [1.82, 2.24) is 0 Å². The first kappa shape index (κ1) is 28.2. The molecule has 0 N–H and O–H groups in total. The third kappa shape index (κ3) is 10.00. The molecular formula is C33H56. The summed E-state index contributed by atoms with van der Waals surface area (Å²) < 4.78 is 0. The summed E-state index contributed by atoms with van der Waals surface area (Å²) in [6, 6.07) is 0. The van der Waals surface area contributed by atoms with E-state index in [0.29, 0.717) is 10.8 Å². The van der Waals surface area contributed by atoms with Crippen molar-refractivity contribution in [2.24, 2.45) is 22.7 Å². The smallest absolute Gasteiger partial charge is 0.0190 e. The van der Waals surface area contributed by atoms with Gasteiger partial charge >= 0.3 is 0 Å². The van der Waals surface area contributed by atoms with Crippen LogP contribution in [0.15, 0.2) is 47.1 Å². The molecule has 0 saturated heterocycles. The van der Waals surface area contributed by atoms with E-state index in [-0.39, 0.29) is 0 Å². The van der Waals surface area contributed by atoms with Crippen LogP contribution in [0.25, 0.3) is 0 Å². The molecule has 2 aliphatic rings. The normalized spacial score (nSPS) is 23.6. The van der Waals surface area contributed by atoms with Crippen molar-refractivity contribution in [3.63, 3.8) is 0 Å². The first-order valence-corrected chi connectivity index (χ1v) is 14.3. The van der Waals surface area contributed by atoms with Gasteiger partial charge < -0.3 is 0 Å². The highest BCUT2D eigenvalue weighted by molar-refractivity contribution is 5.33. The molecule has 0 spiro atoms. The van der Waals surface area contributed by atoms with Crippen molar-refractivity contribution in [2.75, 3.05) is 0 Å². The van der Waals surface area contributed by atoms with E-state index < -0.39 is 0 Å². The van der Waals surface area contributed by atoms with E-state index in [4.69, 9.17) is 0 Å². The van der Waals surface area contributed by atoms with E-state index in [2.05, 4.69) is 73.3 Å². The Labute approximate surface area is 208 Å². The third-order valence-electron chi connectivity index (χ3n) is 8.89. The average Bonchev–Trinajstić information content (AvgIpc) is 2.75. The summed E-state index contributed by atoms with van der Waals surface area (Å²) in [5.41, 5.74) is 7.04. The van der Waals surface area contributed by atoms with Crippen LogP contribution in [0.4, 0.5) is 0 Å². The lowest BCUT2D eigenvalue weighted by Crippen LogP contribution is -2.23. The lowest BCUT2D eigenvalue weighted by molar-refractivity contribution is 0.176. The molecule has 2 unspecified atom stereocenters. The minimum atomic E-state index is 0.464. The van der Waals surface area contributed by atoms with Gasteiger partial charge in [0.2, 0.25) is 0 Å². The predicted molar refractivity (Wildman–Crippen MR) is 150 cm³/mol. The molecule has 0 aromatic heterocycles. The quantitative estimate of drug-likeness (QED) is 0.244. The molecule has 2 rings (SSSR count). The van der Waals surface area contributed by atoms with Crippen molar-refractivity contribution >= 4 is 0 Å². The molecule has 0 heterocycles. The van der Waals surface area contributed by atoms with E-state index in [0.717, 1.165) is 24.7 Å². The Hall–Kier alpha value is -1.04. The largest absolute Gasteiger partial charge is 0.0958 e. The van der Waals surface area contributed by atoms with Gasteiger partial charge in [-0.1, -0.05) is 82.6 Å². The highest BCUT2D eigenvalue weighted by atomic mass is 14.3. The zero-order valence-corrected chi connectivity index (χ0v) is 23.5. The van der Waals surface area contributed by atoms with Gasteiger partial charge in [0.25, 0.3) is 0 Å². The SMILES string of the molecule is C=C(/C=C(\C)CC)CCCC(C)(CCC)CCC1=CCC(CC2CCC(C)(C)CC2)C=C1C. The monoisotopic (exact) mass is 452 g/mol. The molecular weight excluding hydrogens is 396 g/mol. The lowest BCUT2D eigenvalue weighted by Gasteiger charge is -2.36. The molecule has 1 fully saturated rings. The van der Waals surface area contributed by atoms with Gasteiger partial charge in [0.05, 0.1) is 0 Å². The predicted octanol–water partition coefficient (Wildman–Crippen LogP) is 11.2. The van der Waals surface area contributed by atoms with Crippen LogP contribution in [0, 0.1) is 22.7 Å². The van der Waals surface area contributed by atoms with Crippen LogP contribution in [0.5, 0.6) is 0 Å². The second-order valence-corrected chi connectivity index (χ2v) is 12.8. The second-order valence-electron chi connectivity index (χ2n) is 12.8. The van der Waals surface area contributed by atoms with Crippen LogP contribution in [0.2, 0.25) is 0 Å². The topological polar surface area (TPSA) is 0 Å². The summed E-state index contributed by atoms with van der Waals surface area (Å²) in [6.07, 6.45) is 26.1. The number of rotatable bonds is 13. The molecule has 0 radical (unpaired) electrons. The maximum absolute atomic E-state index is 4.30. The van der Waals surface area contributed by atoms with Gasteiger partial charge in [-0.3, -0.25) is 0 Å². The van der Waals surface area contributed by atoms with E-state index in [1.807, 2.05) is 0 Å². The van der Waals surface area contributed by atoms with Crippen LogP contribution < -0.4 is 0 Å². The summed E-state index contributed by atoms with van der Waals surface area (Å²) in [5, 5.41) is 0. The molecule has 0 bridgehead atoms. The van der Waals surface area contributed by atoms with Crippen LogP contribution in [0.1, 0.15) is 138 Å². The Bertz CT molecular complexity index is 702. The number of hydrogen-bond acceptors (Lipinski definition) is 0. The van der Waals surface area contributed by atoms with Crippen molar-refractivity contribution in [3.05, 3.63) is 47.1 Å². The van der Waals surface area contributed by atoms with Crippen LogP contribution in [-0.2, 0) is 0 Å². The molecule has 2 atom stereocenters.